The highest BCUT2D eigenvalue weighted by molar-refractivity contribution is 8.16. The number of nitrogens with one attached hydrogen (secondary N) is 1. The van der Waals surface area contributed by atoms with Crippen LogP contribution in [0.15, 0.2) is 24.3 Å². The lowest BCUT2D eigenvalue weighted by Crippen LogP contribution is -2.42. The zero-order valence-corrected chi connectivity index (χ0v) is 19.9. The van der Waals surface area contributed by atoms with E-state index in [1.54, 1.807) is 6.92 Å². The molecule has 0 aliphatic carbocycles. The third kappa shape index (κ3) is 4.06. The minimum Gasteiger partial charge on any atom is -0.507 e. The van der Waals surface area contributed by atoms with Crippen LogP contribution in [0.2, 0.25) is 0 Å². The van der Waals surface area contributed by atoms with Crippen LogP contribution in [-0.2, 0) is 17.6 Å². The summed E-state index contributed by atoms with van der Waals surface area (Å²) in [6.07, 6.45) is 2.09. The number of phenols is 1. The normalized spacial score (nSPS) is 24.7. The molecule has 0 bridgehead atoms. The van der Waals surface area contributed by atoms with E-state index in [9.17, 15) is 14.7 Å². The highest BCUT2D eigenvalue weighted by Crippen LogP contribution is 2.43. The first kappa shape index (κ1) is 22.5. The molecule has 170 valence electrons. The molecule has 2 aromatic rings. The Balaban J connectivity index is 1.42. The monoisotopic (exact) mass is 455 g/mol. The fourth-order valence-corrected chi connectivity index (χ4v) is 5.28. The molecule has 6 nitrogen and oxygen atoms in total. The summed E-state index contributed by atoms with van der Waals surface area (Å²) in [5, 5.41) is 12.4. The number of phenolic OH excluding ortho intramolecular Hbond substituents is 1. The molecule has 2 aliphatic heterocycles. The summed E-state index contributed by atoms with van der Waals surface area (Å²) in [5.41, 5.74) is 4.29. The fourth-order valence-electron chi connectivity index (χ4n) is 4.34. The maximum atomic E-state index is 12.1. The number of amides is 2. The predicted molar refractivity (Wildman–Crippen MR) is 125 cm³/mol. The minimum atomic E-state index is -0.779. The van der Waals surface area contributed by atoms with Gasteiger partial charge in [0, 0.05) is 5.56 Å². The number of thioether (sulfide) groups is 1. The number of imide groups is 1. The Hall–Kier alpha value is -2.67. The SMILES string of the molecule is Cc1c(C)c2c(c(C)c1O)CCC(C)(COc1ccc(C[C@]3(C)SC(=O)NC3=O)cc1)O2. The largest absolute Gasteiger partial charge is 0.507 e. The maximum Gasteiger partial charge on any atom is 0.286 e. The van der Waals surface area contributed by atoms with Crippen LogP contribution in [0.4, 0.5) is 4.79 Å². The van der Waals surface area contributed by atoms with Gasteiger partial charge in [-0.05, 0) is 100 Å². The van der Waals surface area contributed by atoms with Crippen LogP contribution in [0.25, 0.3) is 0 Å². The summed E-state index contributed by atoms with van der Waals surface area (Å²) >= 11 is 1.04. The van der Waals surface area contributed by atoms with E-state index >= 15 is 0 Å². The molecule has 2 atom stereocenters. The van der Waals surface area contributed by atoms with Gasteiger partial charge in [0.25, 0.3) is 5.24 Å². The maximum absolute atomic E-state index is 12.1. The Morgan fingerprint density at radius 2 is 1.78 bits per heavy atom. The van der Waals surface area contributed by atoms with Crippen molar-refractivity contribution in [1.29, 1.82) is 0 Å². The van der Waals surface area contributed by atoms with Crippen LogP contribution in [0.1, 0.15) is 48.1 Å². The van der Waals surface area contributed by atoms with E-state index in [4.69, 9.17) is 9.47 Å². The van der Waals surface area contributed by atoms with Gasteiger partial charge in [-0.1, -0.05) is 12.1 Å². The topological polar surface area (TPSA) is 84.9 Å². The van der Waals surface area contributed by atoms with Crippen LogP contribution in [0, 0.1) is 20.8 Å². The summed E-state index contributed by atoms with van der Waals surface area (Å²) in [7, 11) is 0. The lowest BCUT2D eigenvalue weighted by Gasteiger charge is -2.37. The van der Waals surface area contributed by atoms with Crippen molar-refractivity contribution in [2.45, 2.75) is 64.2 Å². The van der Waals surface area contributed by atoms with E-state index in [1.807, 2.05) is 45.0 Å². The zero-order valence-electron chi connectivity index (χ0n) is 19.1. The van der Waals surface area contributed by atoms with Crippen molar-refractivity contribution in [2.24, 2.45) is 0 Å². The van der Waals surface area contributed by atoms with Gasteiger partial charge in [0.1, 0.15) is 34.2 Å². The molecule has 32 heavy (non-hydrogen) atoms. The Kier molecular flexibility index (Phi) is 5.65. The third-order valence-electron chi connectivity index (χ3n) is 6.62. The first-order chi connectivity index (χ1) is 15.0. The Morgan fingerprint density at radius 1 is 1.09 bits per heavy atom. The molecule has 2 amide bonds. The van der Waals surface area contributed by atoms with Gasteiger partial charge in [-0.15, -0.1) is 0 Å². The second kappa shape index (κ2) is 8.03. The average Bonchev–Trinajstić information content (AvgIpc) is 3.01. The second-order valence-corrected chi connectivity index (χ2v) is 10.7. The van der Waals surface area contributed by atoms with Crippen molar-refractivity contribution in [2.75, 3.05) is 6.61 Å². The third-order valence-corrected chi connectivity index (χ3v) is 7.68. The minimum absolute atomic E-state index is 0.246. The number of hydrogen-bond donors (Lipinski definition) is 2. The lowest BCUT2D eigenvalue weighted by atomic mass is 9.87. The van der Waals surface area contributed by atoms with Gasteiger partial charge in [-0.3, -0.25) is 14.9 Å². The molecule has 4 rings (SSSR count). The number of hydrogen-bond acceptors (Lipinski definition) is 6. The Morgan fingerprint density at radius 3 is 2.41 bits per heavy atom. The number of rotatable bonds is 5. The smallest absolute Gasteiger partial charge is 0.286 e. The van der Waals surface area contributed by atoms with E-state index in [-0.39, 0.29) is 11.1 Å². The quantitative estimate of drug-likeness (QED) is 0.676. The van der Waals surface area contributed by atoms with Crippen molar-refractivity contribution in [1.82, 2.24) is 5.32 Å². The standard InChI is InChI=1S/C25H29NO5S/c1-14-15(2)21-19(16(3)20(14)27)10-11-24(4,31-21)13-30-18-8-6-17(7-9-18)12-25(5)22(28)26-23(29)32-25/h6-9,27H,10-13H2,1-5H3,(H,26,28,29)/t24?,25-/m0/s1. The van der Waals surface area contributed by atoms with Crippen LogP contribution in [0.5, 0.6) is 17.2 Å². The molecule has 2 heterocycles. The molecule has 7 heteroatoms. The summed E-state index contributed by atoms with van der Waals surface area (Å²) in [4.78, 5) is 23.6. The molecule has 0 radical (unpaired) electrons. The summed E-state index contributed by atoms with van der Waals surface area (Å²) < 4.78 is 11.7. The first-order valence-electron chi connectivity index (χ1n) is 10.8. The van der Waals surface area contributed by atoms with Gasteiger partial charge in [0.15, 0.2) is 0 Å². The predicted octanol–water partition coefficient (Wildman–Crippen LogP) is 4.76. The van der Waals surface area contributed by atoms with Crippen LogP contribution < -0.4 is 14.8 Å². The lowest BCUT2D eigenvalue weighted by molar-refractivity contribution is -0.121. The Labute approximate surface area is 192 Å². The van der Waals surface area contributed by atoms with E-state index < -0.39 is 10.3 Å². The van der Waals surface area contributed by atoms with Gasteiger partial charge >= 0.3 is 0 Å². The molecule has 1 saturated heterocycles. The van der Waals surface area contributed by atoms with Gasteiger partial charge in [0.2, 0.25) is 5.91 Å². The van der Waals surface area contributed by atoms with Gasteiger partial charge < -0.3 is 14.6 Å². The molecule has 0 aromatic heterocycles. The molecule has 2 aliphatic rings. The van der Waals surface area contributed by atoms with Crippen LogP contribution >= 0.6 is 11.8 Å². The fraction of sp³-hybridized carbons (Fsp3) is 0.440. The number of benzene rings is 2. The van der Waals surface area contributed by atoms with E-state index in [2.05, 4.69) is 12.2 Å². The van der Waals surface area contributed by atoms with Gasteiger partial charge in [-0.25, -0.2) is 0 Å². The number of aromatic hydroxyl groups is 1. The number of fused-ring (bicyclic) bond motifs is 1. The van der Waals surface area contributed by atoms with Gasteiger partial charge in [0.05, 0.1) is 0 Å². The molecule has 1 unspecified atom stereocenters. The van der Waals surface area contributed by atoms with Crippen LogP contribution in [0.3, 0.4) is 0 Å². The second-order valence-electron chi connectivity index (χ2n) is 9.27. The molecular formula is C25H29NO5S. The van der Waals surface area contributed by atoms with Gasteiger partial charge in [-0.2, -0.15) is 0 Å². The molecule has 0 spiro atoms. The van der Waals surface area contributed by atoms with Crippen molar-refractivity contribution in [3.05, 3.63) is 52.1 Å². The molecule has 1 fully saturated rings. The van der Waals surface area contributed by atoms with Crippen molar-refractivity contribution >= 4 is 22.9 Å². The Bertz CT molecular complexity index is 1100. The molecule has 2 aromatic carbocycles. The molecule has 0 saturated carbocycles. The van der Waals surface area contributed by atoms with Crippen LogP contribution in [-0.4, -0.2) is 33.2 Å². The van der Waals surface area contributed by atoms with Crippen molar-refractivity contribution < 1.29 is 24.2 Å². The number of carbonyl (C=O) groups excluding carboxylic acids is 2. The summed E-state index contributed by atoms with van der Waals surface area (Å²) in [6.45, 7) is 10.1. The highest BCUT2D eigenvalue weighted by atomic mass is 32.2. The highest BCUT2D eigenvalue weighted by Gasteiger charge is 2.43. The van der Waals surface area contributed by atoms with Crippen molar-refractivity contribution in [3.63, 3.8) is 0 Å². The zero-order chi connectivity index (χ0) is 23.3. The van der Waals surface area contributed by atoms with E-state index in [1.165, 1.54) is 0 Å². The number of ether oxygens (including phenoxy) is 2. The molecular weight excluding hydrogens is 426 g/mol. The van der Waals surface area contributed by atoms with Crippen molar-refractivity contribution in [3.8, 4) is 17.2 Å². The summed E-state index contributed by atoms with van der Waals surface area (Å²) in [6, 6.07) is 7.62. The number of carbonyl (C=O) groups is 2. The first-order valence-corrected chi connectivity index (χ1v) is 11.6. The summed E-state index contributed by atoms with van der Waals surface area (Å²) in [5.74, 6) is 1.70. The molecule has 2 N–H and O–H groups in total. The van der Waals surface area contributed by atoms with E-state index in [0.29, 0.717) is 18.8 Å². The average molecular weight is 456 g/mol. The van der Waals surface area contributed by atoms with E-state index in [0.717, 1.165) is 63.9 Å².